The van der Waals surface area contributed by atoms with Crippen molar-refractivity contribution in [1.29, 1.82) is 0 Å². The molecule has 8 heteroatoms. The fourth-order valence-electron chi connectivity index (χ4n) is 2.03. The van der Waals surface area contributed by atoms with Crippen LogP contribution in [0.4, 0.5) is 36.5 Å². The van der Waals surface area contributed by atoms with Crippen molar-refractivity contribution in [2.45, 2.75) is 31.7 Å². The molecule has 1 aromatic rings. The summed E-state index contributed by atoms with van der Waals surface area (Å²) in [5.74, 6) is -9.11. The molecular formula is C11H8F7N. The molecule has 0 saturated heterocycles. The third-order valence-corrected chi connectivity index (χ3v) is 2.96. The number of hydrogen-bond acceptors (Lipinski definition) is 1. The molecule has 2 rings (SSSR count). The van der Waals surface area contributed by atoms with Crippen LogP contribution in [-0.4, -0.2) is 6.05 Å². The van der Waals surface area contributed by atoms with Crippen LogP contribution in [0, 0.1) is 11.6 Å². The van der Waals surface area contributed by atoms with Crippen LogP contribution in [-0.2, 0) is 5.92 Å². The van der Waals surface area contributed by atoms with Gasteiger partial charge in [0.1, 0.15) is 11.6 Å². The second-order valence-corrected chi connectivity index (χ2v) is 4.53. The first-order valence-electron chi connectivity index (χ1n) is 5.27. The quantitative estimate of drug-likeness (QED) is 0.418. The molecule has 0 amide bonds. The molecule has 0 radical (unpaired) electrons. The average molecular weight is 287 g/mol. The van der Waals surface area contributed by atoms with E-state index in [-0.39, 0.29) is 6.07 Å². The van der Waals surface area contributed by atoms with Gasteiger partial charge in [0.05, 0.1) is 11.3 Å². The van der Waals surface area contributed by atoms with Gasteiger partial charge in [-0.05, 0) is 5.92 Å². The van der Waals surface area contributed by atoms with Crippen molar-refractivity contribution in [3.8, 4) is 0 Å². The normalized spacial score (nSPS) is 20.0. The maximum absolute atomic E-state index is 13.9. The topological polar surface area (TPSA) is 3.24 Å². The lowest BCUT2D eigenvalue weighted by molar-refractivity contribution is -0.220. The number of rotatable bonds is 1. The Hall–Kier alpha value is -1.47. The van der Waals surface area contributed by atoms with E-state index >= 15 is 0 Å². The number of fused-ring (bicyclic) bond motifs is 1. The summed E-state index contributed by atoms with van der Waals surface area (Å²) in [5, 5.41) is -1.60. The van der Waals surface area contributed by atoms with Crippen molar-refractivity contribution < 1.29 is 30.8 Å². The predicted octanol–water partition coefficient (Wildman–Crippen LogP) is 4.48. The highest BCUT2D eigenvalue weighted by molar-refractivity contribution is 5.63. The molecule has 0 fully saturated rings. The summed E-state index contributed by atoms with van der Waals surface area (Å²) < 4.78 is 93.5. The lowest BCUT2D eigenvalue weighted by Gasteiger charge is -2.21. The zero-order chi connectivity index (χ0) is 14.7. The first kappa shape index (κ1) is 14.0. The monoisotopic (exact) mass is 287 g/mol. The highest BCUT2D eigenvalue weighted by atomic mass is 19.3. The van der Waals surface area contributed by atoms with Crippen LogP contribution in [0.3, 0.4) is 0 Å². The van der Waals surface area contributed by atoms with Crippen molar-refractivity contribution in [1.82, 2.24) is 0 Å². The zero-order valence-electron chi connectivity index (χ0n) is 9.75. The summed E-state index contributed by atoms with van der Waals surface area (Å²) in [6, 6.07) is -5.10. The molecule has 19 heavy (non-hydrogen) atoms. The molecule has 0 aromatic heterocycles. The standard InChI is InChI=1S/C11H8F7N/c1-4(2)7-5(12)3-6-8(9(7)13)10(14,15)11(16,17)19(6)18/h3-4H,1-2H3. The van der Waals surface area contributed by atoms with E-state index in [4.69, 9.17) is 0 Å². The number of benzene rings is 1. The third kappa shape index (κ3) is 1.54. The van der Waals surface area contributed by atoms with Gasteiger partial charge in [-0.2, -0.15) is 17.6 Å². The van der Waals surface area contributed by atoms with E-state index in [9.17, 15) is 30.8 Å². The number of alkyl halides is 4. The molecule has 106 valence electrons. The number of halogens is 7. The summed E-state index contributed by atoms with van der Waals surface area (Å²) in [7, 11) is 0. The van der Waals surface area contributed by atoms with Gasteiger partial charge in [0.2, 0.25) is 0 Å². The van der Waals surface area contributed by atoms with E-state index in [2.05, 4.69) is 0 Å². The van der Waals surface area contributed by atoms with E-state index < -0.39 is 51.5 Å². The van der Waals surface area contributed by atoms with Gasteiger partial charge in [-0.15, -0.1) is 5.12 Å². The van der Waals surface area contributed by atoms with Gasteiger partial charge < -0.3 is 0 Å². The average Bonchev–Trinajstić information content (AvgIpc) is 2.36. The Morgan fingerprint density at radius 3 is 2.11 bits per heavy atom. The van der Waals surface area contributed by atoms with Crippen molar-refractivity contribution in [2.75, 3.05) is 5.12 Å². The van der Waals surface area contributed by atoms with E-state index in [0.29, 0.717) is 0 Å². The summed E-state index contributed by atoms with van der Waals surface area (Å²) in [6.07, 6.45) is 0. The van der Waals surface area contributed by atoms with Gasteiger partial charge in [0, 0.05) is 11.6 Å². The Balaban J connectivity index is 2.83. The van der Waals surface area contributed by atoms with E-state index in [1.54, 1.807) is 0 Å². The molecule has 0 atom stereocenters. The molecular weight excluding hydrogens is 279 g/mol. The second-order valence-electron chi connectivity index (χ2n) is 4.53. The SMILES string of the molecule is CC(C)c1c(F)cc2c(c1F)C(F)(F)C(F)(F)N2F. The minimum atomic E-state index is -5.25. The van der Waals surface area contributed by atoms with Crippen LogP contribution in [0.5, 0.6) is 0 Å². The van der Waals surface area contributed by atoms with Gasteiger partial charge in [0.25, 0.3) is 0 Å². The summed E-state index contributed by atoms with van der Waals surface area (Å²) in [5.41, 5.74) is -4.08. The van der Waals surface area contributed by atoms with E-state index in [1.807, 2.05) is 0 Å². The lowest BCUT2D eigenvalue weighted by Crippen LogP contribution is -2.43. The third-order valence-electron chi connectivity index (χ3n) is 2.96. The van der Waals surface area contributed by atoms with Crippen molar-refractivity contribution in [3.63, 3.8) is 0 Å². The first-order chi connectivity index (χ1) is 8.53. The highest BCUT2D eigenvalue weighted by Gasteiger charge is 2.70. The van der Waals surface area contributed by atoms with Crippen LogP contribution in [0.1, 0.15) is 30.9 Å². The lowest BCUT2D eigenvalue weighted by atomic mass is 9.96. The molecule has 1 heterocycles. The fourth-order valence-corrected chi connectivity index (χ4v) is 2.03. The summed E-state index contributed by atoms with van der Waals surface area (Å²) in [4.78, 5) is 0. The van der Waals surface area contributed by atoms with Crippen LogP contribution >= 0.6 is 0 Å². The van der Waals surface area contributed by atoms with Crippen LogP contribution < -0.4 is 5.12 Å². The minimum absolute atomic E-state index is 0.155. The van der Waals surface area contributed by atoms with Gasteiger partial charge in [0.15, 0.2) is 0 Å². The summed E-state index contributed by atoms with van der Waals surface area (Å²) in [6.45, 7) is 2.60. The number of nitrogens with zero attached hydrogens (tertiary/aromatic N) is 1. The molecule has 0 spiro atoms. The molecule has 0 N–H and O–H groups in total. The minimum Gasteiger partial charge on any atom is -0.206 e. The Morgan fingerprint density at radius 1 is 1.11 bits per heavy atom. The van der Waals surface area contributed by atoms with Crippen LogP contribution in [0.15, 0.2) is 6.07 Å². The van der Waals surface area contributed by atoms with Crippen molar-refractivity contribution >= 4 is 5.69 Å². The Labute approximate surface area is 103 Å². The maximum Gasteiger partial charge on any atom is 0.418 e. The smallest absolute Gasteiger partial charge is 0.206 e. The molecule has 1 aliphatic rings. The van der Waals surface area contributed by atoms with Gasteiger partial charge in [-0.25, -0.2) is 8.78 Å². The first-order valence-corrected chi connectivity index (χ1v) is 5.27. The molecule has 0 saturated carbocycles. The van der Waals surface area contributed by atoms with Gasteiger partial charge in [-0.3, -0.25) is 0 Å². The molecule has 1 nitrogen and oxygen atoms in total. The maximum atomic E-state index is 13.9. The number of anilines is 1. The molecule has 1 aliphatic heterocycles. The van der Waals surface area contributed by atoms with E-state index in [0.717, 1.165) is 0 Å². The fraction of sp³-hybridized carbons (Fsp3) is 0.455. The van der Waals surface area contributed by atoms with Crippen LogP contribution in [0.25, 0.3) is 0 Å². The Morgan fingerprint density at radius 2 is 1.63 bits per heavy atom. The predicted molar refractivity (Wildman–Crippen MR) is 52.9 cm³/mol. The van der Waals surface area contributed by atoms with Crippen LogP contribution in [0.2, 0.25) is 0 Å². The van der Waals surface area contributed by atoms with Gasteiger partial charge in [-0.1, -0.05) is 18.3 Å². The number of hydrogen-bond donors (Lipinski definition) is 0. The van der Waals surface area contributed by atoms with E-state index in [1.165, 1.54) is 13.8 Å². The molecule has 1 aromatic carbocycles. The van der Waals surface area contributed by atoms with Crippen molar-refractivity contribution in [2.24, 2.45) is 0 Å². The second kappa shape index (κ2) is 3.77. The molecule has 0 bridgehead atoms. The largest absolute Gasteiger partial charge is 0.418 e. The summed E-state index contributed by atoms with van der Waals surface area (Å²) >= 11 is 0. The van der Waals surface area contributed by atoms with Crippen molar-refractivity contribution in [3.05, 3.63) is 28.8 Å². The molecule has 0 unspecified atom stereocenters. The molecule has 0 aliphatic carbocycles. The highest BCUT2D eigenvalue weighted by Crippen LogP contribution is 2.57. The van der Waals surface area contributed by atoms with Gasteiger partial charge >= 0.3 is 12.0 Å². The Bertz CT molecular complexity index is 538. The Kier molecular flexibility index (Phi) is 2.77. The zero-order valence-corrected chi connectivity index (χ0v) is 9.75.